The molecule has 22 heavy (non-hydrogen) atoms. The fraction of sp³-hybridized carbons (Fsp3) is 0.471. The Kier molecular flexibility index (Phi) is 5.16. The lowest BCUT2D eigenvalue weighted by molar-refractivity contribution is -0.130. The summed E-state index contributed by atoms with van der Waals surface area (Å²) in [6, 6.07) is 11.1. The molecule has 0 aromatic heterocycles. The molecule has 2 rings (SSSR count). The van der Waals surface area contributed by atoms with Crippen molar-refractivity contribution in [2.24, 2.45) is 11.8 Å². The number of amides is 2. The Hall–Kier alpha value is -2.35. The number of nitrogens with zero attached hydrogens (tertiary/aromatic N) is 2. The van der Waals surface area contributed by atoms with Crippen molar-refractivity contribution in [1.29, 1.82) is 5.26 Å². The van der Waals surface area contributed by atoms with Crippen LogP contribution in [-0.4, -0.2) is 23.5 Å². The number of hydrogen-bond acceptors (Lipinski definition) is 4. The first-order chi connectivity index (χ1) is 10.5. The summed E-state index contributed by atoms with van der Waals surface area (Å²) in [5.41, 5.74) is 0.860. The van der Waals surface area contributed by atoms with Crippen LogP contribution >= 0.6 is 0 Å². The maximum atomic E-state index is 12.5. The normalized spacial score (nSPS) is 18.9. The van der Waals surface area contributed by atoms with Crippen LogP contribution in [0, 0.1) is 23.2 Å². The number of cyclic esters (lactones) is 1. The van der Waals surface area contributed by atoms with Gasteiger partial charge in [0.2, 0.25) is 5.91 Å². The minimum atomic E-state index is -0.625. The predicted octanol–water partition coefficient (Wildman–Crippen LogP) is 3.28. The fourth-order valence-electron chi connectivity index (χ4n) is 2.68. The van der Waals surface area contributed by atoms with Crippen LogP contribution in [-0.2, 0) is 9.53 Å². The number of ether oxygens (including phenoxy) is 1. The maximum absolute atomic E-state index is 12.5. The molecule has 0 bridgehead atoms. The van der Waals surface area contributed by atoms with E-state index in [1.807, 2.05) is 44.2 Å². The highest BCUT2D eigenvalue weighted by Gasteiger charge is 2.39. The lowest BCUT2D eigenvalue weighted by Gasteiger charge is -2.21. The van der Waals surface area contributed by atoms with Crippen LogP contribution in [0.2, 0.25) is 0 Å². The molecule has 5 nitrogen and oxygen atoms in total. The van der Waals surface area contributed by atoms with Gasteiger partial charge in [0.05, 0.1) is 12.0 Å². The van der Waals surface area contributed by atoms with E-state index < -0.39 is 12.1 Å². The van der Waals surface area contributed by atoms with Crippen LogP contribution < -0.4 is 0 Å². The summed E-state index contributed by atoms with van der Waals surface area (Å²) >= 11 is 0. The van der Waals surface area contributed by atoms with Crippen molar-refractivity contribution in [1.82, 2.24) is 4.90 Å². The number of benzene rings is 1. The molecule has 1 aliphatic rings. The molecule has 1 unspecified atom stereocenters. The van der Waals surface area contributed by atoms with Gasteiger partial charge in [0.15, 0.2) is 0 Å². The molecule has 1 saturated heterocycles. The molecule has 0 spiro atoms. The molecule has 0 aliphatic carbocycles. The second kappa shape index (κ2) is 7.08. The Morgan fingerprint density at radius 2 is 2.09 bits per heavy atom. The van der Waals surface area contributed by atoms with Gasteiger partial charge < -0.3 is 4.74 Å². The Morgan fingerprint density at radius 1 is 1.41 bits per heavy atom. The first-order valence-electron chi connectivity index (χ1n) is 7.46. The lowest BCUT2D eigenvalue weighted by atomic mass is 9.94. The third-order valence-corrected chi connectivity index (χ3v) is 3.69. The van der Waals surface area contributed by atoms with Crippen molar-refractivity contribution < 1.29 is 14.3 Å². The Balaban J connectivity index is 2.12. The fourth-order valence-corrected chi connectivity index (χ4v) is 2.68. The van der Waals surface area contributed by atoms with E-state index in [4.69, 9.17) is 4.74 Å². The Labute approximate surface area is 130 Å². The monoisotopic (exact) mass is 300 g/mol. The summed E-state index contributed by atoms with van der Waals surface area (Å²) in [5, 5.41) is 9.18. The van der Waals surface area contributed by atoms with Crippen LogP contribution in [0.3, 0.4) is 0 Å². The highest BCUT2D eigenvalue weighted by Crippen LogP contribution is 2.29. The molecule has 2 amide bonds. The van der Waals surface area contributed by atoms with Gasteiger partial charge in [-0.1, -0.05) is 44.2 Å². The van der Waals surface area contributed by atoms with Gasteiger partial charge in [-0.15, -0.1) is 0 Å². The molecule has 1 heterocycles. The lowest BCUT2D eigenvalue weighted by Crippen LogP contribution is -2.35. The number of carbonyl (C=O) groups is 2. The predicted molar refractivity (Wildman–Crippen MR) is 80.6 cm³/mol. The summed E-state index contributed by atoms with van der Waals surface area (Å²) in [6.07, 6.45) is 0.0638. The molecular weight excluding hydrogens is 280 g/mol. The molecule has 1 fully saturated rings. The summed E-state index contributed by atoms with van der Waals surface area (Å²) in [6.45, 7) is 4.17. The average Bonchev–Trinajstić information content (AvgIpc) is 2.88. The van der Waals surface area contributed by atoms with Gasteiger partial charge in [0.25, 0.3) is 0 Å². The molecule has 1 aromatic rings. The highest BCUT2D eigenvalue weighted by molar-refractivity contribution is 5.93. The van der Waals surface area contributed by atoms with E-state index in [0.29, 0.717) is 12.3 Å². The molecule has 1 aliphatic heterocycles. The smallest absolute Gasteiger partial charge is 0.417 e. The van der Waals surface area contributed by atoms with Gasteiger partial charge in [-0.25, -0.2) is 9.69 Å². The minimum Gasteiger partial charge on any atom is -0.446 e. The van der Waals surface area contributed by atoms with E-state index in [1.54, 1.807) is 0 Å². The highest BCUT2D eigenvalue weighted by atomic mass is 16.6. The van der Waals surface area contributed by atoms with E-state index in [2.05, 4.69) is 6.07 Å². The SMILES string of the molecule is CC(C)CC(C#N)CC(=O)N1C(=O)OC[C@H]1c1ccccc1. The second-order valence-corrected chi connectivity index (χ2v) is 5.93. The topological polar surface area (TPSA) is 70.4 Å². The van der Waals surface area contributed by atoms with E-state index in [0.717, 1.165) is 10.5 Å². The van der Waals surface area contributed by atoms with Gasteiger partial charge in [-0.3, -0.25) is 4.79 Å². The zero-order valence-electron chi connectivity index (χ0n) is 12.9. The van der Waals surface area contributed by atoms with Crippen LogP contribution in [0.1, 0.15) is 38.3 Å². The molecule has 1 aromatic carbocycles. The zero-order valence-corrected chi connectivity index (χ0v) is 12.9. The summed E-state index contributed by atoms with van der Waals surface area (Å²) in [5.74, 6) is -0.395. The van der Waals surface area contributed by atoms with Crippen LogP contribution in [0.25, 0.3) is 0 Å². The van der Waals surface area contributed by atoms with Gasteiger partial charge in [0.1, 0.15) is 12.6 Å². The van der Waals surface area contributed by atoms with E-state index in [1.165, 1.54) is 0 Å². The number of imide groups is 1. The summed E-state index contributed by atoms with van der Waals surface area (Å²) in [7, 11) is 0. The standard InChI is InChI=1S/C17H20N2O3/c1-12(2)8-13(10-18)9-16(20)19-15(11-22-17(19)21)14-6-4-3-5-7-14/h3-7,12-13,15H,8-9,11H2,1-2H3/t13?,15-/m0/s1. The van der Waals surface area contributed by atoms with Crippen molar-refractivity contribution in [2.45, 2.75) is 32.7 Å². The van der Waals surface area contributed by atoms with Gasteiger partial charge >= 0.3 is 6.09 Å². The van der Waals surface area contributed by atoms with Crippen molar-refractivity contribution in [3.63, 3.8) is 0 Å². The first-order valence-corrected chi connectivity index (χ1v) is 7.46. The largest absolute Gasteiger partial charge is 0.446 e. The molecule has 0 saturated carbocycles. The molecule has 0 radical (unpaired) electrons. The molecule has 2 atom stereocenters. The Bertz CT molecular complexity index is 577. The van der Waals surface area contributed by atoms with Crippen molar-refractivity contribution in [2.75, 3.05) is 6.61 Å². The van der Waals surface area contributed by atoms with Gasteiger partial charge in [-0.2, -0.15) is 5.26 Å². The molecular formula is C17H20N2O3. The quantitative estimate of drug-likeness (QED) is 0.836. The zero-order chi connectivity index (χ0) is 16.1. The third kappa shape index (κ3) is 3.64. The molecule has 5 heteroatoms. The van der Waals surface area contributed by atoms with Gasteiger partial charge in [0, 0.05) is 6.42 Å². The van der Waals surface area contributed by atoms with E-state index >= 15 is 0 Å². The van der Waals surface area contributed by atoms with Gasteiger partial charge in [-0.05, 0) is 17.9 Å². The van der Waals surface area contributed by atoms with Crippen molar-refractivity contribution in [3.05, 3.63) is 35.9 Å². The summed E-state index contributed by atoms with van der Waals surface area (Å²) < 4.78 is 5.03. The summed E-state index contributed by atoms with van der Waals surface area (Å²) in [4.78, 5) is 25.5. The van der Waals surface area contributed by atoms with Crippen molar-refractivity contribution >= 4 is 12.0 Å². The number of nitriles is 1. The molecule has 116 valence electrons. The van der Waals surface area contributed by atoms with Crippen molar-refractivity contribution in [3.8, 4) is 6.07 Å². The maximum Gasteiger partial charge on any atom is 0.417 e. The first kappa shape index (κ1) is 16.0. The number of carbonyl (C=O) groups excluding carboxylic acids is 2. The third-order valence-electron chi connectivity index (χ3n) is 3.69. The minimum absolute atomic E-state index is 0.0487. The Morgan fingerprint density at radius 3 is 2.68 bits per heavy atom. The number of hydrogen-bond donors (Lipinski definition) is 0. The van der Waals surface area contributed by atoms with Crippen LogP contribution in [0.4, 0.5) is 4.79 Å². The van der Waals surface area contributed by atoms with E-state index in [9.17, 15) is 14.9 Å². The van der Waals surface area contributed by atoms with Crippen LogP contribution in [0.5, 0.6) is 0 Å². The second-order valence-electron chi connectivity index (χ2n) is 5.93. The average molecular weight is 300 g/mol. The number of rotatable bonds is 5. The van der Waals surface area contributed by atoms with E-state index in [-0.39, 0.29) is 24.9 Å². The molecule has 0 N–H and O–H groups in total. The van der Waals surface area contributed by atoms with Crippen LogP contribution in [0.15, 0.2) is 30.3 Å².